The SMILES string of the molecule is O=C1Nc2c(Cl)cccc2C(=O)N2C[C@H](O)C[C@@H]12. The molecule has 18 heavy (non-hydrogen) atoms. The van der Waals surface area contributed by atoms with E-state index < -0.39 is 12.1 Å². The van der Waals surface area contributed by atoms with E-state index in [0.717, 1.165) is 0 Å². The Morgan fingerprint density at radius 2 is 2.17 bits per heavy atom. The molecule has 0 aromatic heterocycles. The maximum Gasteiger partial charge on any atom is 0.256 e. The molecule has 2 aliphatic rings. The van der Waals surface area contributed by atoms with Gasteiger partial charge < -0.3 is 15.3 Å². The largest absolute Gasteiger partial charge is 0.391 e. The van der Waals surface area contributed by atoms with E-state index in [-0.39, 0.29) is 24.8 Å². The number of carbonyl (C=O) groups excluding carboxylic acids is 2. The summed E-state index contributed by atoms with van der Waals surface area (Å²) < 4.78 is 0. The highest BCUT2D eigenvalue weighted by Gasteiger charge is 2.42. The average molecular weight is 267 g/mol. The second-order valence-corrected chi connectivity index (χ2v) is 4.92. The molecule has 5 nitrogen and oxygen atoms in total. The number of hydrogen-bond donors (Lipinski definition) is 2. The van der Waals surface area contributed by atoms with Crippen LogP contribution in [0.15, 0.2) is 18.2 Å². The molecule has 1 aromatic rings. The molecule has 2 N–H and O–H groups in total. The minimum absolute atomic E-state index is 0.183. The van der Waals surface area contributed by atoms with E-state index in [4.69, 9.17) is 11.6 Å². The summed E-state index contributed by atoms with van der Waals surface area (Å²) in [4.78, 5) is 25.8. The Kier molecular flexibility index (Phi) is 2.53. The van der Waals surface area contributed by atoms with Gasteiger partial charge in [-0.15, -0.1) is 0 Å². The van der Waals surface area contributed by atoms with Crippen molar-refractivity contribution in [3.63, 3.8) is 0 Å². The molecule has 3 rings (SSSR count). The molecular weight excluding hydrogens is 256 g/mol. The average Bonchev–Trinajstić information content (AvgIpc) is 2.69. The third-order valence-corrected chi connectivity index (χ3v) is 3.65. The third kappa shape index (κ3) is 1.59. The van der Waals surface area contributed by atoms with Crippen molar-refractivity contribution < 1.29 is 14.7 Å². The first-order valence-corrected chi connectivity index (χ1v) is 6.04. The number of amides is 2. The molecule has 2 heterocycles. The van der Waals surface area contributed by atoms with Gasteiger partial charge in [-0.1, -0.05) is 17.7 Å². The Bertz CT molecular complexity index is 546. The lowest BCUT2D eigenvalue weighted by atomic mass is 10.1. The van der Waals surface area contributed by atoms with Crippen LogP contribution in [-0.4, -0.2) is 40.5 Å². The Morgan fingerprint density at radius 3 is 2.94 bits per heavy atom. The van der Waals surface area contributed by atoms with E-state index >= 15 is 0 Å². The molecule has 0 bridgehead atoms. The van der Waals surface area contributed by atoms with Crippen molar-refractivity contribution >= 4 is 29.1 Å². The lowest BCUT2D eigenvalue weighted by Crippen LogP contribution is -2.40. The van der Waals surface area contributed by atoms with E-state index in [1.165, 1.54) is 4.90 Å². The van der Waals surface area contributed by atoms with Crippen LogP contribution in [0, 0.1) is 0 Å². The molecule has 0 radical (unpaired) electrons. The summed E-state index contributed by atoms with van der Waals surface area (Å²) in [5, 5.41) is 12.6. The van der Waals surface area contributed by atoms with Crippen LogP contribution in [0.2, 0.25) is 5.02 Å². The van der Waals surface area contributed by atoms with Crippen molar-refractivity contribution in [2.24, 2.45) is 0 Å². The number of aliphatic hydroxyl groups excluding tert-OH is 1. The molecule has 2 atom stereocenters. The minimum atomic E-state index is -0.648. The highest BCUT2D eigenvalue weighted by Crippen LogP contribution is 2.33. The molecule has 2 amide bonds. The Morgan fingerprint density at radius 1 is 1.39 bits per heavy atom. The van der Waals surface area contributed by atoms with E-state index in [2.05, 4.69) is 5.32 Å². The minimum Gasteiger partial charge on any atom is -0.391 e. The van der Waals surface area contributed by atoms with E-state index in [9.17, 15) is 14.7 Å². The number of fused-ring (bicyclic) bond motifs is 2. The molecule has 0 spiro atoms. The van der Waals surface area contributed by atoms with Crippen molar-refractivity contribution in [3.05, 3.63) is 28.8 Å². The van der Waals surface area contributed by atoms with E-state index in [1.807, 2.05) is 0 Å². The summed E-state index contributed by atoms with van der Waals surface area (Å²) in [5.74, 6) is -0.570. The van der Waals surface area contributed by atoms with Crippen LogP contribution in [0.5, 0.6) is 0 Å². The monoisotopic (exact) mass is 266 g/mol. The summed E-state index contributed by atoms with van der Waals surface area (Å²) in [5.41, 5.74) is 0.727. The molecule has 1 aromatic carbocycles. The molecule has 0 unspecified atom stereocenters. The number of anilines is 1. The van der Waals surface area contributed by atoms with Gasteiger partial charge in [-0.3, -0.25) is 9.59 Å². The number of halogens is 1. The number of rotatable bonds is 0. The van der Waals surface area contributed by atoms with Crippen molar-refractivity contribution in [2.45, 2.75) is 18.6 Å². The zero-order valence-electron chi connectivity index (χ0n) is 9.39. The number of aliphatic hydroxyl groups is 1. The quantitative estimate of drug-likeness (QED) is 0.732. The number of nitrogens with zero attached hydrogens (tertiary/aromatic N) is 1. The van der Waals surface area contributed by atoms with Crippen molar-refractivity contribution in [2.75, 3.05) is 11.9 Å². The van der Waals surface area contributed by atoms with Gasteiger partial charge in [-0.2, -0.15) is 0 Å². The molecule has 2 aliphatic heterocycles. The smallest absolute Gasteiger partial charge is 0.256 e. The summed E-state index contributed by atoms with van der Waals surface area (Å²) in [7, 11) is 0. The lowest BCUT2D eigenvalue weighted by Gasteiger charge is -2.19. The molecule has 6 heteroatoms. The molecule has 94 valence electrons. The van der Waals surface area contributed by atoms with Gasteiger partial charge in [0.05, 0.1) is 22.4 Å². The number of hydrogen-bond acceptors (Lipinski definition) is 3. The standard InChI is InChI=1S/C12H11ClN2O3/c13-8-3-1-2-7-10(8)14-11(17)9-4-6(16)5-15(9)12(7)18/h1-3,6,9,16H,4-5H2,(H,14,17)/t6-,9+/m1/s1. The number of para-hydroxylation sites is 1. The summed E-state index contributed by atoms with van der Waals surface area (Å²) in [6, 6.07) is 4.30. The number of nitrogens with one attached hydrogen (secondary N) is 1. The summed E-state index contributed by atoms with van der Waals surface area (Å²) in [6.45, 7) is 0.183. The third-order valence-electron chi connectivity index (χ3n) is 3.33. The van der Waals surface area contributed by atoms with Crippen LogP contribution in [0.4, 0.5) is 5.69 Å². The van der Waals surface area contributed by atoms with Gasteiger partial charge in [-0.25, -0.2) is 0 Å². The van der Waals surface area contributed by atoms with Gasteiger partial charge in [0.2, 0.25) is 5.91 Å². The van der Waals surface area contributed by atoms with Crippen molar-refractivity contribution in [1.82, 2.24) is 4.90 Å². The first-order chi connectivity index (χ1) is 8.58. The van der Waals surface area contributed by atoms with Gasteiger partial charge in [0.1, 0.15) is 6.04 Å². The summed E-state index contributed by atoms with van der Waals surface area (Å²) in [6.07, 6.45) is -0.381. The van der Waals surface area contributed by atoms with Crippen LogP contribution >= 0.6 is 11.6 Å². The van der Waals surface area contributed by atoms with E-state index in [0.29, 0.717) is 16.3 Å². The van der Waals surface area contributed by atoms with E-state index in [1.54, 1.807) is 18.2 Å². The number of carbonyl (C=O) groups is 2. The Labute approximate surface area is 108 Å². The molecule has 0 aliphatic carbocycles. The first-order valence-electron chi connectivity index (χ1n) is 5.66. The van der Waals surface area contributed by atoms with Crippen LogP contribution < -0.4 is 5.32 Å². The predicted molar refractivity (Wildman–Crippen MR) is 65.5 cm³/mol. The first kappa shape index (κ1) is 11.5. The molecule has 1 fully saturated rings. The van der Waals surface area contributed by atoms with Gasteiger partial charge in [0.15, 0.2) is 0 Å². The Balaban J connectivity index is 2.12. The highest BCUT2D eigenvalue weighted by molar-refractivity contribution is 6.35. The molecular formula is C12H11ClN2O3. The number of benzene rings is 1. The topological polar surface area (TPSA) is 69.6 Å². The maximum atomic E-state index is 12.3. The van der Waals surface area contributed by atoms with Gasteiger partial charge >= 0.3 is 0 Å². The molecule has 0 saturated carbocycles. The van der Waals surface area contributed by atoms with Crippen molar-refractivity contribution in [3.8, 4) is 0 Å². The highest BCUT2D eigenvalue weighted by atomic mass is 35.5. The van der Waals surface area contributed by atoms with Gasteiger partial charge in [-0.05, 0) is 12.1 Å². The fraction of sp³-hybridized carbons (Fsp3) is 0.333. The van der Waals surface area contributed by atoms with Crippen LogP contribution in [0.3, 0.4) is 0 Å². The van der Waals surface area contributed by atoms with Crippen LogP contribution in [-0.2, 0) is 4.79 Å². The Hall–Kier alpha value is -1.59. The predicted octanol–water partition coefficient (Wildman–Crippen LogP) is 0.867. The lowest BCUT2D eigenvalue weighted by molar-refractivity contribution is -0.119. The fourth-order valence-electron chi connectivity index (χ4n) is 2.48. The van der Waals surface area contributed by atoms with Crippen molar-refractivity contribution in [1.29, 1.82) is 0 Å². The van der Waals surface area contributed by atoms with Crippen LogP contribution in [0.1, 0.15) is 16.8 Å². The maximum absolute atomic E-state index is 12.3. The van der Waals surface area contributed by atoms with Crippen LogP contribution in [0.25, 0.3) is 0 Å². The fourth-order valence-corrected chi connectivity index (χ4v) is 2.70. The zero-order chi connectivity index (χ0) is 12.9. The van der Waals surface area contributed by atoms with Gasteiger partial charge in [0, 0.05) is 13.0 Å². The second kappa shape index (κ2) is 3.96. The normalized spacial score (nSPS) is 26.4. The van der Waals surface area contributed by atoms with Gasteiger partial charge in [0.25, 0.3) is 5.91 Å². The second-order valence-electron chi connectivity index (χ2n) is 4.51. The molecule has 1 saturated heterocycles. The summed E-state index contributed by atoms with van der Waals surface area (Å²) >= 11 is 6.00. The zero-order valence-corrected chi connectivity index (χ0v) is 10.1.